The molecule has 2 aromatic carbocycles. The van der Waals surface area contributed by atoms with Gasteiger partial charge in [-0.1, -0.05) is 107 Å². The van der Waals surface area contributed by atoms with Crippen molar-refractivity contribution in [2.75, 3.05) is 19.8 Å². The van der Waals surface area contributed by atoms with Crippen LogP contribution >= 0.6 is 0 Å². The minimum Gasteiger partial charge on any atom is -0.459 e. The van der Waals surface area contributed by atoms with Crippen molar-refractivity contribution in [3.05, 3.63) is 101 Å². The minimum absolute atomic E-state index is 0.169. The summed E-state index contributed by atoms with van der Waals surface area (Å²) in [6, 6.07) is 24.3. The molecule has 2 aliphatic rings. The van der Waals surface area contributed by atoms with Crippen LogP contribution in [0.15, 0.2) is 93.9 Å². The van der Waals surface area contributed by atoms with Crippen molar-refractivity contribution < 1.29 is 33.8 Å². The minimum atomic E-state index is -2.99. The fraction of sp³-hybridized carbons (Fsp3) is 0.476. The molecule has 5 rings (SSSR count). The lowest BCUT2D eigenvalue weighted by molar-refractivity contribution is -0.140. The molecular formula is C42H55NO7Si. The molecule has 0 bridgehead atoms. The van der Waals surface area contributed by atoms with E-state index >= 15 is 0 Å². The van der Waals surface area contributed by atoms with E-state index in [4.69, 9.17) is 8.84 Å². The summed E-state index contributed by atoms with van der Waals surface area (Å²) < 4.78 is 13.1. The Hall–Kier alpha value is -3.60. The van der Waals surface area contributed by atoms with Gasteiger partial charge in [0.15, 0.2) is 0 Å². The SMILES string of the molecule is CCC/C(=C\c1ccc(CO)o1)CC[C@@H](O)C1=C(CO[Si](c2ccccc2)(c2ccccc2)C(C)(C)C)C[C@H]2C(=O)N(CCC)C(=O)[C@H]2[C@H]1CO. The molecule has 0 spiro atoms. The standard InChI is InChI=1S/C42H55NO7Si/c1-6-14-29(24-31-20-21-32(26-44)50-31)19-22-37(46)38-30(25-35-39(36(38)27-45)41(48)43(23-7-2)40(35)47)28-49-51(42(3,4)5,33-15-10-8-11-16-33)34-17-12-9-13-18-34/h8-13,15-18,20-21,24,35-37,39,44-46H,6-7,14,19,22-23,25-28H2,1-5H3/b29-24+/t35-,36+,37-,39-/m1/s1. The van der Waals surface area contributed by atoms with E-state index in [0.29, 0.717) is 49.3 Å². The lowest BCUT2D eigenvalue weighted by Gasteiger charge is -2.44. The quantitative estimate of drug-likeness (QED) is 0.0948. The number of likely N-dealkylation sites (tertiary alicyclic amines) is 1. The molecule has 51 heavy (non-hydrogen) atoms. The van der Waals surface area contributed by atoms with E-state index in [0.717, 1.165) is 34.4 Å². The van der Waals surface area contributed by atoms with Crippen LogP contribution in [0.5, 0.6) is 0 Å². The number of carbonyl (C=O) groups is 2. The van der Waals surface area contributed by atoms with Crippen molar-refractivity contribution >= 4 is 36.6 Å². The maximum Gasteiger partial charge on any atom is 0.261 e. The summed E-state index contributed by atoms with van der Waals surface area (Å²) in [5.41, 5.74) is 2.53. The number of fused-ring (bicyclic) bond motifs is 1. The first kappa shape index (κ1) is 38.6. The third-order valence-corrected chi connectivity index (χ3v) is 15.6. The molecule has 1 aliphatic carbocycles. The number of benzene rings is 2. The molecule has 4 atom stereocenters. The molecule has 9 heteroatoms. The molecule has 3 aromatic rings. The van der Waals surface area contributed by atoms with Gasteiger partial charge in [0.2, 0.25) is 11.8 Å². The summed E-state index contributed by atoms with van der Waals surface area (Å²) in [5, 5.41) is 34.5. The zero-order valence-corrected chi connectivity index (χ0v) is 31.8. The van der Waals surface area contributed by atoms with E-state index in [1.54, 1.807) is 6.07 Å². The molecule has 274 valence electrons. The number of carbonyl (C=O) groups excluding carboxylic acids is 2. The zero-order valence-electron chi connectivity index (χ0n) is 30.8. The van der Waals surface area contributed by atoms with Gasteiger partial charge >= 0.3 is 0 Å². The number of hydrogen-bond donors (Lipinski definition) is 3. The van der Waals surface area contributed by atoms with Gasteiger partial charge in [0.25, 0.3) is 8.32 Å². The first-order chi connectivity index (χ1) is 24.5. The van der Waals surface area contributed by atoms with Gasteiger partial charge in [-0.2, -0.15) is 0 Å². The third kappa shape index (κ3) is 7.93. The Morgan fingerprint density at radius 3 is 2.12 bits per heavy atom. The lowest BCUT2D eigenvalue weighted by Crippen LogP contribution is -2.66. The first-order valence-corrected chi connectivity index (χ1v) is 20.4. The Morgan fingerprint density at radius 2 is 1.59 bits per heavy atom. The second-order valence-electron chi connectivity index (χ2n) is 15.0. The van der Waals surface area contributed by atoms with Crippen LogP contribution in [0.2, 0.25) is 5.04 Å². The molecule has 0 radical (unpaired) electrons. The Bertz CT molecular complexity index is 1650. The van der Waals surface area contributed by atoms with Crippen LogP contribution in [-0.2, 0) is 20.6 Å². The van der Waals surface area contributed by atoms with Gasteiger partial charge in [-0.05, 0) is 76.9 Å². The van der Waals surface area contributed by atoms with Gasteiger partial charge < -0.3 is 24.2 Å². The van der Waals surface area contributed by atoms with Gasteiger partial charge in [0.1, 0.15) is 18.1 Å². The van der Waals surface area contributed by atoms with Crippen LogP contribution in [0.1, 0.15) is 84.7 Å². The molecule has 3 N–H and O–H groups in total. The number of hydrogen-bond acceptors (Lipinski definition) is 7. The molecule has 1 saturated heterocycles. The number of imide groups is 1. The molecule has 0 unspecified atom stereocenters. The van der Waals surface area contributed by atoms with Crippen molar-refractivity contribution in [3.63, 3.8) is 0 Å². The highest BCUT2D eigenvalue weighted by molar-refractivity contribution is 6.99. The summed E-state index contributed by atoms with van der Waals surface area (Å²) in [4.78, 5) is 29.0. The van der Waals surface area contributed by atoms with Gasteiger partial charge in [0.05, 0.1) is 31.2 Å². The Kier molecular flexibility index (Phi) is 12.7. The van der Waals surface area contributed by atoms with Gasteiger partial charge in [-0.25, -0.2) is 0 Å². The number of amides is 2. The largest absolute Gasteiger partial charge is 0.459 e. The van der Waals surface area contributed by atoms with E-state index in [9.17, 15) is 24.9 Å². The molecule has 8 nitrogen and oxygen atoms in total. The Morgan fingerprint density at radius 1 is 0.941 bits per heavy atom. The van der Waals surface area contributed by atoms with Crippen LogP contribution < -0.4 is 10.4 Å². The zero-order chi connectivity index (χ0) is 36.8. The van der Waals surface area contributed by atoms with Crippen molar-refractivity contribution in [2.45, 2.75) is 90.9 Å². The number of furan rings is 1. The van der Waals surface area contributed by atoms with Crippen LogP contribution in [-0.4, -0.2) is 66.2 Å². The van der Waals surface area contributed by atoms with E-state index in [1.165, 1.54) is 4.90 Å². The molecule has 2 amide bonds. The predicted octanol–water partition coefficient (Wildman–Crippen LogP) is 5.99. The first-order valence-electron chi connectivity index (χ1n) is 18.5. The van der Waals surface area contributed by atoms with E-state index in [-0.39, 0.29) is 36.7 Å². The van der Waals surface area contributed by atoms with Gasteiger partial charge in [-0.15, -0.1) is 0 Å². The van der Waals surface area contributed by atoms with Gasteiger partial charge in [-0.3, -0.25) is 14.5 Å². The van der Waals surface area contributed by atoms with E-state index in [1.807, 2.05) is 55.5 Å². The topological polar surface area (TPSA) is 120 Å². The number of aliphatic hydroxyl groups is 3. The maximum absolute atomic E-state index is 13.8. The summed E-state index contributed by atoms with van der Waals surface area (Å²) in [7, 11) is -2.99. The van der Waals surface area contributed by atoms with E-state index in [2.05, 4.69) is 52.0 Å². The number of nitrogens with zero attached hydrogens (tertiary/aromatic N) is 1. The molecular weight excluding hydrogens is 659 g/mol. The average Bonchev–Trinajstić information content (AvgIpc) is 3.68. The lowest BCUT2D eigenvalue weighted by atomic mass is 9.68. The molecule has 1 aliphatic heterocycles. The summed E-state index contributed by atoms with van der Waals surface area (Å²) in [5.74, 6) is -1.35. The summed E-state index contributed by atoms with van der Waals surface area (Å²) in [6.07, 6.45) is 4.59. The van der Waals surface area contributed by atoms with Crippen LogP contribution in [0.3, 0.4) is 0 Å². The average molecular weight is 714 g/mol. The van der Waals surface area contributed by atoms with Crippen molar-refractivity contribution in [1.82, 2.24) is 4.90 Å². The normalized spacial score (nSPS) is 20.7. The molecule has 2 heterocycles. The molecule has 0 saturated carbocycles. The number of allylic oxidation sites excluding steroid dienone is 1. The Balaban J connectivity index is 1.57. The van der Waals surface area contributed by atoms with Gasteiger partial charge in [0, 0.05) is 12.5 Å². The fourth-order valence-corrected chi connectivity index (χ4v) is 12.9. The molecule has 1 fully saturated rings. The summed E-state index contributed by atoms with van der Waals surface area (Å²) >= 11 is 0. The predicted molar refractivity (Wildman–Crippen MR) is 203 cm³/mol. The van der Waals surface area contributed by atoms with Crippen LogP contribution in [0, 0.1) is 17.8 Å². The second kappa shape index (κ2) is 16.8. The summed E-state index contributed by atoms with van der Waals surface area (Å²) in [6.45, 7) is 10.6. The van der Waals surface area contributed by atoms with E-state index < -0.39 is 32.2 Å². The van der Waals surface area contributed by atoms with Crippen molar-refractivity contribution in [3.8, 4) is 0 Å². The molecule has 1 aromatic heterocycles. The second-order valence-corrected chi connectivity index (χ2v) is 19.3. The van der Waals surface area contributed by atoms with Crippen molar-refractivity contribution in [2.24, 2.45) is 17.8 Å². The highest BCUT2D eigenvalue weighted by Crippen LogP contribution is 2.47. The number of aliphatic hydroxyl groups excluding tert-OH is 3. The number of rotatable bonds is 16. The highest BCUT2D eigenvalue weighted by atomic mass is 28.4. The maximum atomic E-state index is 13.8. The van der Waals surface area contributed by atoms with Crippen LogP contribution in [0.25, 0.3) is 6.08 Å². The third-order valence-electron chi connectivity index (χ3n) is 10.7. The highest BCUT2D eigenvalue weighted by Gasteiger charge is 2.55. The Labute approximate surface area is 304 Å². The van der Waals surface area contributed by atoms with Crippen LogP contribution in [0.4, 0.5) is 0 Å². The fourth-order valence-electron chi connectivity index (χ4n) is 8.38. The smallest absolute Gasteiger partial charge is 0.261 e. The monoisotopic (exact) mass is 713 g/mol. The van der Waals surface area contributed by atoms with Crippen molar-refractivity contribution in [1.29, 1.82) is 0 Å².